The van der Waals surface area contributed by atoms with Gasteiger partial charge in [-0.25, -0.2) is 0 Å². The summed E-state index contributed by atoms with van der Waals surface area (Å²) < 4.78 is 5.73. The molecule has 0 amide bonds. The van der Waals surface area contributed by atoms with Gasteiger partial charge in [-0.2, -0.15) is 5.26 Å². The van der Waals surface area contributed by atoms with Gasteiger partial charge in [0.2, 0.25) is 0 Å². The van der Waals surface area contributed by atoms with Crippen LogP contribution in [-0.2, 0) is 4.74 Å². The lowest BCUT2D eigenvalue weighted by molar-refractivity contribution is 0.0893. The Morgan fingerprint density at radius 3 is 2.86 bits per heavy atom. The first kappa shape index (κ1) is 16.0. The molecule has 1 aromatic rings. The molecular weight excluding hydrogens is 274 g/mol. The molecule has 4 nitrogen and oxygen atoms in total. The molecule has 0 fully saturated rings. The lowest BCUT2D eigenvalue weighted by Gasteiger charge is -2.19. The van der Waals surface area contributed by atoms with Crippen molar-refractivity contribution in [3.63, 3.8) is 0 Å². The van der Waals surface area contributed by atoms with Crippen molar-refractivity contribution in [2.45, 2.75) is 18.6 Å². The van der Waals surface area contributed by atoms with Gasteiger partial charge in [-0.3, -0.25) is 0 Å². The Kier molecular flexibility index (Phi) is 5.96. The highest BCUT2D eigenvalue weighted by Crippen LogP contribution is 2.15. The summed E-state index contributed by atoms with van der Waals surface area (Å²) in [5, 5.41) is 12.0. The summed E-state index contributed by atoms with van der Waals surface area (Å²) in [6.07, 6.45) is 6.39. The number of ether oxygens (including phenoxy) is 1. The standard InChI is InChI=1S/C18H21N3O/c1-14(18(20)16-5-3-2-4-6-16)21-11-12-22-17-9-7-15(13-19)8-10-17/h2-9,17-18,21H,1,10-12,20H2. The van der Waals surface area contributed by atoms with E-state index in [4.69, 9.17) is 15.7 Å². The number of benzene rings is 1. The number of allylic oxidation sites excluding steroid dienone is 2. The molecule has 0 heterocycles. The van der Waals surface area contributed by atoms with E-state index in [1.807, 2.05) is 42.5 Å². The third-order valence-electron chi connectivity index (χ3n) is 3.51. The predicted octanol–water partition coefficient (Wildman–Crippen LogP) is 2.58. The molecule has 22 heavy (non-hydrogen) atoms. The van der Waals surface area contributed by atoms with Gasteiger partial charge in [-0.15, -0.1) is 0 Å². The summed E-state index contributed by atoms with van der Waals surface area (Å²) in [6, 6.07) is 11.7. The van der Waals surface area contributed by atoms with E-state index in [0.717, 1.165) is 17.7 Å². The highest BCUT2D eigenvalue weighted by Gasteiger charge is 2.10. The largest absolute Gasteiger partial charge is 0.385 e. The lowest BCUT2D eigenvalue weighted by atomic mass is 10.1. The smallest absolute Gasteiger partial charge is 0.0988 e. The molecule has 0 saturated heterocycles. The highest BCUT2D eigenvalue weighted by molar-refractivity contribution is 5.36. The third-order valence-corrected chi connectivity index (χ3v) is 3.51. The van der Waals surface area contributed by atoms with Gasteiger partial charge in [0.1, 0.15) is 0 Å². The van der Waals surface area contributed by atoms with Crippen LogP contribution in [0.4, 0.5) is 0 Å². The van der Waals surface area contributed by atoms with Gasteiger partial charge < -0.3 is 15.8 Å². The van der Waals surface area contributed by atoms with Crippen molar-refractivity contribution < 1.29 is 4.74 Å². The Hall–Kier alpha value is -2.35. The summed E-state index contributed by atoms with van der Waals surface area (Å²) >= 11 is 0. The number of nitrogens with zero attached hydrogens (tertiary/aromatic N) is 1. The molecule has 2 atom stereocenters. The van der Waals surface area contributed by atoms with Crippen molar-refractivity contribution >= 4 is 0 Å². The van der Waals surface area contributed by atoms with Crippen molar-refractivity contribution in [2.24, 2.45) is 5.73 Å². The van der Waals surface area contributed by atoms with E-state index in [2.05, 4.69) is 18.0 Å². The zero-order valence-electron chi connectivity index (χ0n) is 12.5. The van der Waals surface area contributed by atoms with Gasteiger partial charge in [0.15, 0.2) is 0 Å². The van der Waals surface area contributed by atoms with Crippen LogP contribution in [-0.4, -0.2) is 19.3 Å². The molecule has 0 bridgehead atoms. The van der Waals surface area contributed by atoms with Crippen LogP contribution in [0.25, 0.3) is 0 Å². The highest BCUT2D eigenvalue weighted by atomic mass is 16.5. The number of rotatable bonds is 7. The van der Waals surface area contributed by atoms with Crippen molar-refractivity contribution in [3.8, 4) is 6.07 Å². The van der Waals surface area contributed by atoms with Crippen LogP contribution in [0.5, 0.6) is 0 Å². The second kappa shape index (κ2) is 8.18. The second-order valence-corrected chi connectivity index (χ2v) is 5.12. The quantitative estimate of drug-likeness (QED) is 0.758. The van der Waals surface area contributed by atoms with Crippen molar-refractivity contribution in [2.75, 3.05) is 13.2 Å². The fourth-order valence-corrected chi connectivity index (χ4v) is 2.20. The predicted molar refractivity (Wildman–Crippen MR) is 87.7 cm³/mol. The Bertz CT molecular complexity index is 599. The normalized spacial score (nSPS) is 18.2. The molecule has 0 aliphatic heterocycles. The Labute approximate surface area is 131 Å². The lowest BCUT2D eigenvalue weighted by Crippen LogP contribution is -2.28. The van der Waals surface area contributed by atoms with E-state index in [1.165, 1.54) is 0 Å². The molecule has 0 aromatic heterocycles. The maximum atomic E-state index is 8.76. The number of nitrogens with one attached hydrogen (secondary N) is 1. The molecule has 4 heteroatoms. The average Bonchev–Trinajstić information content (AvgIpc) is 2.59. The number of hydrogen-bond acceptors (Lipinski definition) is 4. The van der Waals surface area contributed by atoms with Crippen LogP contribution in [0.1, 0.15) is 18.0 Å². The van der Waals surface area contributed by atoms with E-state index < -0.39 is 0 Å². The van der Waals surface area contributed by atoms with E-state index in [1.54, 1.807) is 6.08 Å². The molecule has 2 rings (SSSR count). The maximum absolute atomic E-state index is 8.76. The van der Waals surface area contributed by atoms with Crippen LogP contribution in [0.15, 0.2) is 66.4 Å². The van der Waals surface area contributed by atoms with Crippen LogP contribution in [0, 0.1) is 11.3 Å². The Balaban J connectivity index is 1.67. The third kappa shape index (κ3) is 4.59. The molecule has 1 aromatic carbocycles. The van der Waals surface area contributed by atoms with Crippen LogP contribution in [0.2, 0.25) is 0 Å². The molecular formula is C18H21N3O. The van der Waals surface area contributed by atoms with Gasteiger partial charge in [-0.05, 0) is 18.1 Å². The summed E-state index contributed by atoms with van der Waals surface area (Å²) in [6.45, 7) is 5.20. The van der Waals surface area contributed by atoms with E-state index in [0.29, 0.717) is 18.7 Å². The van der Waals surface area contributed by atoms with E-state index in [-0.39, 0.29) is 12.1 Å². The van der Waals surface area contributed by atoms with Crippen LogP contribution in [0.3, 0.4) is 0 Å². The second-order valence-electron chi connectivity index (χ2n) is 5.12. The molecule has 1 aliphatic carbocycles. The van der Waals surface area contributed by atoms with Gasteiger partial charge >= 0.3 is 0 Å². The van der Waals surface area contributed by atoms with Crippen LogP contribution < -0.4 is 11.1 Å². The number of hydrogen-bond donors (Lipinski definition) is 2. The van der Waals surface area contributed by atoms with Crippen molar-refractivity contribution in [3.05, 3.63) is 72.0 Å². The average molecular weight is 295 g/mol. The minimum absolute atomic E-state index is 0.0370. The number of nitrogens with two attached hydrogens (primary N) is 1. The first-order chi connectivity index (χ1) is 10.7. The number of nitriles is 1. The molecule has 114 valence electrons. The molecule has 0 saturated carbocycles. The van der Waals surface area contributed by atoms with E-state index in [9.17, 15) is 0 Å². The first-order valence-corrected chi connectivity index (χ1v) is 7.34. The molecule has 0 spiro atoms. The van der Waals surface area contributed by atoms with Gasteiger partial charge in [0.25, 0.3) is 0 Å². The van der Waals surface area contributed by atoms with E-state index >= 15 is 0 Å². The summed E-state index contributed by atoms with van der Waals surface area (Å²) in [5.41, 5.74) is 8.65. The first-order valence-electron chi connectivity index (χ1n) is 7.34. The topological polar surface area (TPSA) is 71.1 Å². The molecule has 3 N–H and O–H groups in total. The van der Waals surface area contributed by atoms with Gasteiger partial charge in [0.05, 0.1) is 24.8 Å². The van der Waals surface area contributed by atoms with Crippen molar-refractivity contribution in [1.29, 1.82) is 5.26 Å². The minimum Gasteiger partial charge on any atom is -0.385 e. The summed E-state index contributed by atoms with van der Waals surface area (Å²) in [5.74, 6) is 0. The van der Waals surface area contributed by atoms with Gasteiger partial charge in [-0.1, -0.05) is 49.1 Å². The zero-order chi connectivity index (χ0) is 15.8. The monoisotopic (exact) mass is 295 g/mol. The molecule has 1 aliphatic rings. The molecule has 0 radical (unpaired) electrons. The minimum atomic E-state index is -0.225. The fraction of sp³-hybridized carbons (Fsp3) is 0.278. The summed E-state index contributed by atoms with van der Waals surface area (Å²) in [4.78, 5) is 0. The fourth-order valence-electron chi connectivity index (χ4n) is 2.20. The SMILES string of the molecule is C=C(NCCOC1C=CC(C#N)=CC1)C(N)c1ccccc1. The van der Waals surface area contributed by atoms with Crippen LogP contribution >= 0.6 is 0 Å². The Morgan fingerprint density at radius 1 is 1.45 bits per heavy atom. The Morgan fingerprint density at radius 2 is 2.23 bits per heavy atom. The molecule has 2 unspecified atom stereocenters. The van der Waals surface area contributed by atoms with Crippen molar-refractivity contribution in [1.82, 2.24) is 5.32 Å². The van der Waals surface area contributed by atoms with Gasteiger partial charge in [0, 0.05) is 17.8 Å². The zero-order valence-corrected chi connectivity index (χ0v) is 12.5. The maximum Gasteiger partial charge on any atom is 0.0988 e. The summed E-state index contributed by atoms with van der Waals surface area (Å²) in [7, 11) is 0.